The van der Waals surface area contributed by atoms with E-state index in [1.165, 1.54) is 27.1 Å². The van der Waals surface area contributed by atoms with Crippen molar-refractivity contribution >= 4 is 40.3 Å². The monoisotopic (exact) mass is 403 g/mol. The number of hydrogen-bond donors (Lipinski definition) is 0. The molecule has 5 rings (SSSR count). The standard InChI is InChI=1S/C17H17N5OS3/c23-15(10-26-17-18-19-20-22(17)11-3-4-11)21-7-5-13-12(6-9-25-13)16(21)14-2-1-8-24-14/h1-2,6,8-9,11,16H,3-5,7,10H2. The maximum absolute atomic E-state index is 13.1. The molecule has 0 aromatic carbocycles. The Balaban J connectivity index is 1.36. The van der Waals surface area contributed by atoms with Crippen molar-refractivity contribution in [2.45, 2.75) is 36.5 Å². The minimum absolute atomic E-state index is 0.0394. The van der Waals surface area contributed by atoms with Gasteiger partial charge < -0.3 is 4.90 Å². The molecular weight excluding hydrogens is 386 g/mol. The molecule has 0 N–H and O–H groups in total. The minimum atomic E-state index is 0.0394. The number of fused-ring (bicyclic) bond motifs is 1. The summed E-state index contributed by atoms with van der Waals surface area (Å²) in [5.74, 6) is 0.518. The van der Waals surface area contributed by atoms with Gasteiger partial charge in [-0.05, 0) is 58.1 Å². The summed E-state index contributed by atoms with van der Waals surface area (Å²) >= 11 is 4.96. The topological polar surface area (TPSA) is 63.9 Å². The van der Waals surface area contributed by atoms with Gasteiger partial charge in [-0.3, -0.25) is 4.79 Å². The average Bonchev–Trinajstić information content (AvgIpc) is 3.11. The number of tetrazole rings is 1. The Hall–Kier alpha value is -1.71. The predicted molar refractivity (Wildman–Crippen MR) is 103 cm³/mol. The van der Waals surface area contributed by atoms with E-state index in [4.69, 9.17) is 0 Å². The maximum atomic E-state index is 13.1. The fourth-order valence-corrected chi connectivity index (χ4v) is 5.97. The number of carbonyl (C=O) groups excluding carboxylic acids is 1. The molecule has 2 aliphatic rings. The fraction of sp³-hybridized carbons (Fsp3) is 0.412. The summed E-state index contributed by atoms with van der Waals surface area (Å²) in [6.45, 7) is 0.767. The van der Waals surface area contributed by atoms with Gasteiger partial charge in [0.15, 0.2) is 0 Å². The van der Waals surface area contributed by atoms with Crippen LogP contribution < -0.4 is 0 Å². The molecule has 3 aromatic heterocycles. The maximum Gasteiger partial charge on any atom is 0.233 e. The Labute approximate surface area is 163 Å². The van der Waals surface area contributed by atoms with E-state index >= 15 is 0 Å². The number of thioether (sulfide) groups is 1. The third-order valence-corrected chi connectivity index (χ3v) is 7.62. The van der Waals surface area contributed by atoms with Gasteiger partial charge in [0.05, 0.1) is 17.8 Å². The molecule has 0 bridgehead atoms. The van der Waals surface area contributed by atoms with Crippen molar-refractivity contribution < 1.29 is 4.79 Å². The van der Waals surface area contributed by atoms with Gasteiger partial charge in [0, 0.05) is 16.3 Å². The smallest absolute Gasteiger partial charge is 0.233 e. The molecule has 1 amide bonds. The van der Waals surface area contributed by atoms with E-state index < -0.39 is 0 Å². The number of rotatable bonds is 5. The van der Waals surface area contributed by atoms with Gasteiger partial charge in [-0.2, -0.15) is 0 Å². The molecule has 1 aliphatic carbocycles. The molecule has 6 nitrogen and oxygen atoms in total. The van der Waals surface area contributed by atoms with Crippen LogP contribution in [-0.4, -0.2) is 43.3 Å². The number of carbonyl (C=O) groups is 1. The summed E-state index contributed by atoms with van der Waals surface area (Å²) in [4.78, 5) is 17.7. The lowest BCUT2D eigenvalue weighted by molar-refractivity contribution is -0.130. The summed E-state index contributed by atoms with van der Waals surface area (Å²) in [6, 6.07) is 6.82. The van der Waals surface area contributed by atoms with Crippen LogP contribution in [0.2, 0.25) is 0 Å². The van der Waals surface area contributed by atoms with Crippen molar-refractivity contribution in [3.05, 3.63) is 44.3 Å². The van der Waals surface area contributed by atoms with Crippen molar-refractivity contribution in [2.75, 3.05) is 12.3 Å². The molecule has 1 unspecified atom stereocenters. The molecule has 0 radical (unpaired) electrons. The van der Waals surface area contributed by atoms with E-state index in [0.717, 1.165) is 31.0 Å². The van der Waals surface area contributed by atoms with Crippen molar-refractivity contribution in [1.29, 1.82) is 0 Å². The Morgan fingerprint density at radius 3 is 3.00 bits per heavy atom. The molecule has 9 heteroatoms. The molecule has 0 saturated heterocycles. The zero-order chi connectivity index (χ0) is 17.5. The third-order valence-electron chi connectivity index (χ3n) is 4.78. The van der Waals surface area contributed by atoms with Gasteiger partial charge in [-0.25, -0.2) is 4.68 Å². The highest BCUT2D eigenvalue weighted by molar-refractivity contribution is 7.99. The van der Waals surface area contributed by atoms with Gasteiger partial charge in [0.2, 0.25) is 11.1 Å². The lowest BCUT2D eigenvalue weighted by atomic mass is 9.98. The second-order valence-electron chi connectivity index (χ2n) is 6.48. The highest BCUT2D eigenvalue weighted by atomic mass is 32.2. The molecule has 1 fully saturated rings. The first-order chi connectivity index (χ1) is 12.8. The van der Waals surface area contributed by atoms with Crippen molar-refractivity contribution in [1.82, 2.24) is 25.1 Å². The van der Waals surface area contributed by atoms with Gasteiger partial charge in [-0.1, -0.05) is 17.8 Å². The third kappa shape index (κ3) is 2.97. The molecule has 26 heavy (non-hydrogen) atoms. The highest BCUT2D eigenvalue weighted by Crippen LogP contribution is 2.40. The van der Waals surface area contributed by atoms with Crippen molar-refractivity contribution in [2.24, 2.45) is 0 Å². The fourth-order valence-electron chi connectivity index (χ4n) is 3.38. The summed E-state index contributed by atoms with van der Waals surface area (Å²) in [5, 5.41) is 16.9. The molecule has 3 aromatic rings. The quantitative estimate of drug-likeness (QED) is 0.611. The Morgan fingerprint density at radius 2 is 2.19 bits per heavy atom. The van der Waals surface area contributed by atoms with Crippen LogP contribution >= 0.6 is 34.4 Å². The second-order valence-corrected chi connectivity index (χ2v) is 9.40. The van der Waals surface area contributed by atoms with E-state index in [9.17, 15) is 4.79 Å². The number of amides is 1. The zero-order valence-electron chi connectivity index (χ0n) is 13.9. The normalized spacial score (nSPS) is 19.5. The van der Waals surface area contributed by atoms with Gasteiger partial charge in [0.1, 0.15) is 0 Å². The van der Waals surface area contributed by atoms with Crippen LogP contribution in [0.4, 0.5) is 0 Å². The Morgan fingerprint density at radius 1 is 1.27 bits per heavy atom. The van der Waals surface area contributed by atoms with Crippen LogP contribution in [0.1, 0.15) is 40.2 Å². The number of nitrogens with zero attached hydrogens (tertiary/aromatic N) is 5. The van der Waals surface area contributed by atoms with Crippen LogP contribution in [0.25, 0.3) is 0 Å². The first-order valence-electron chi connectivity index (χ1n) is 8.61. The zero-order valence-corrected chi connectivity index (χ0v) is 16.4. The number of thiophene rings is 2. The summed E-state index contributed by atoms with van der Waals surface area (Å²) < 4.78 is 1.86. The van der Waals surface area contributed by atoms with E-state index in [1.54, 1.807) is 22.7 Å². The predicted octanol–water partition coefficient (Wildman–Crippen LogP) is 3.40. The molecular formula is C17H17N5OS3. The lowest BCUT2D eigenvalue weighted by Crippen LogP contribution is -2.40. The first-order valence-corrected chi connectivity index (χ1v) is 11.4. The molecule has 4 heterocycles. The number of aromatic nitrogens is 4. The van der Waals surface area contributed by atoms with E-state index in [0.29, 0.717) is 11.8 Å². The second kappa shape index (κ2) is 6.79. The number of hydrogen-bond acceptors (Lipinski definition) is 7. The van der Waals surface area contributed by atoms with Crippen LogP contribution in [0, 0.1) is 0 Å². The lowest BCUT2D eigenvalue weighted by Gasteiger charge is -2.35. The van der Waals surface area contributed by atoms with Gasteiger partial charge in [-0.15, -0.1) is 27.8 Å². The first kappa shape index (κ1) is 16.5. The Bertz CT molecular complexity index is 915. The van der Waals surface area contributed by atoms with Crippen LogP contribution in [0.5, 0.6) is 0 Å². The van der Waals surface area contributed by atoms with E-state index in [-0.39, 0.29) is 11.9 Å². The van der Waals surface area contributed by atoms with Crippen LogP contribution in [0.3, 0.4) is 0 Å². The van der Waals surface area contributed by atoms with Gasteiger partial charge >= 0.3 is 0 Å². The Kier molecular flexibility index (Phi) is 4.30. The van der Waals surface area contributed by atoms with Crippen molar-refractivity contribution in [3.63, 3.8) is 0 Å². The highest BCUT2D eigenvalue weighted by Gasteiger charge is 2.34. The largest absolute Gasteiger partial charge is 0.330 e. The molecule has 0 spiro atoms. The average molecular weight is 404 g/mol. The molecule has 1 aliphatic heterocycles. The molecule has 134 valence electrons. The SMILES string of the molecule is O=C(CSc1nnnn1C1CC1)N1CCc2sccc2C1c1cccs1. The van der Waals surface area contributed by atoms with E-state index in [1.807, 2.05) is 9.58 Å². The molecule has 1 saturated carbocycles. The van der Waals surface area contributed by atoms with E-state index in [2.05, 4.69) is 44.5 Å². The summed E-state index contributed by atoms with van der Waals surface area (Å²) in [7, 11) is 0. The van der Waals surface area contributed by atoms with Crippen LogP contribution in [0.15, 0.2) is 34.1 Å². The molecule has 1 atom stereocenters. The summed E-state index contributed by atoms with van der Waals surface area (Å²) in [6.07, 6.45) is 3.19. The van der Waals surface area contributed by atoms with Crippen molar-refractivity contribution in [3.8, 4) is 0 Å². The minimum Gasteiger partial charge on any atom is -0.330 e. The summed E-state index contributed by atoms with van der Waals surface area (Å²) in [5.41, 5.74) is 1.28. The van der Waals surface area contributed by atoms with Crippen LogP contribution in [-0.2, 0) is 11.2 Å². The van der Waals surface area contributed by atoms with Gasteiger partial charge in [0.25, 0.3) is 0 Å².